The lowest BCUT2D eigenvalue weighted by atomic mass is 10.0. The molecule has 0 saturated heterocycles. The van der Waals surface area contributed by atoms with Crippen molar-refractivity contribution < 1.29 is 18.7 Å². The van der Waals surface area contributed by atoms with Gasteiger partial charge in [-0.1, -0.05) is 23.2 Å². The molecule has 3 nitrogen and oxygen atoms in total. The summed E-state index contributed by atoms with van der Waals surface area (Å²) in [5.41, 5.74) is 1.03. The Balaban J connectivity index is 2.53. The van der Waals surface area contributed by atoms with E-state index in [4.69, 9.17) is 21.1 Å². The fourth-order valence-corrected chi connectivity index (χ4v) is 2.31. The number of carbonyl (C=O) groups is 1. The number of rotatable bonds is 4. The first-order valence-electron chi connectivity index (χ1n) is 6.20. The number of hydrogen-bond acceptors (Lipinski definition) is 3. The standard InChI is InChI=1S/C16H14ClFO3/c1-9-4-5-13(18)11(6-9)15(19)10-7-12(17)16(21-3)14(8-10)20-2/h4-8H,1-3H3. The Bertz CT molecular complexity index is 698. The lowest BCUT2D eigenvalue weighted by Crippen LogP contribution is -2.06. The topological polar surface area (TPSA) is 35.5 Å². The molecule has 0 amide bonds. The highest BCUT2D eigenvalue weighted by molar-refractivity contribution is 6.33. The smallest absolute Gasteiger partial charge is 0.196 e. The molecule has 5 heteroatoms. The molecule has 0 heterocycles. The van der Waals surface area contributed by atoms with Crippen molar-refractivity contribution in [3.8, 4) is 11.5 Å². The van der Waals surface area contributed by atoms with Crippen molar-refractivity contribution in [2.75, 3.05) is 14.2 Å². The maximum atomic E-state index is 13.8. The van der Waals surface area contributed by atoms with Gasteiger partial charge < -0.3 is 9.47 Å². The van der Waals surface area contributed by atoms with E-state index in [1.165, 1.54) is 38.5 Å². The molecule has 2 aromatic carbocycles. The molecular weight excluding hydrogens is 295 g/mol. The zero-order valence-corrected chi connectivity index (χ0v) is 12.6. The molecule has 0 radical (unpaired) electrons. The summed E-state index contributed by atoms with van der Waals surface area (Å²) in [6, 6.07) is 7.29. The molecule has 0 fully saturated rings. The molecule has 0 aliphatic heterocycles. The minimum absolute atomic E-state index is 0.00159. The van der Waals surface area contributed by atoms with Crippen LogP contribution in [0.5, 0.6) is 11.5 Å². The van der Waals surface area contributed by atoms with Gasteiger partial charge in [-0.2, -0.15) is 0 Å². The molecule has 0 saturated carbocycles. The zero-order valence-electron chi connectivity index (χ0n) is 11.9. The summed E-state index contributed by atoms with van der Waals surface area (Å²) >= 11 is 6.07. The van der Waals surface area contributed by atoms with E-state index >= 15 is 0 Å². The molecule has 21 heavy (non-hydrogen) atoms. The van der Waals surface area contributed by atoms with Crippen LogP contribution in [0.2, 0.25) is 5.02 Å². The number of ether oxygens (including phenoxy) is 2. The lowest BCUT2D eigenvalue weighted by molar-refractivity contribution is 0.103. The first-order chi connectivity index (χ1) is 9.97. The van der Waals surface area contributed by atoms with Crippen molar-refractivity contribution >= 4 is 17.4 Å². The summed E-state index contributed by atoms with van der Waals surface area (Å²) in [6.07, 6.45) is 0. The third-order valence-electron chi connectivity index (χ3n) is 3.06. The van der Waals surface area contributed by atoms with Crippen LogP contribution in [-0.4, -0.2) is 20.0 Å². The van der Waals surface area contributed by atoms with Crippen LogP contribution in [-0.2, 0) is 0 Å². The summed E-state index contributed by atoms with van der Waals surface area (Å²) in [5.74, 6) is -0.377. The van der Waals surface area contributed by atoms with Crippen LogP contribution in [0, 0.1) is 12.7 Å². The number of methoxy groups -OCH3 is 2. The maximum Gasteiger partial charge on any atom is 0.196 e. The van der Waals surface area contributed by atoms with Gasteiger partial charge in [-0.15, -0.1) is 0 Å². The highest BCUT2D eigenvalue weighted by Crippen LogP contribution is 2.36. The van der Waals surface area contributed by atoms with Crippen LogP contribution in [0.3, 0.4) is 0 Å². The van der Waals surface area contributed by atoms with E-state index in [2.05, 4.69) is 0 Å². The summed E-state index contributed by atoms with van der Waals surface area (Å²) in [4.78, 5) is 12.4. The van der Waals surface area contributed by atoms with Gasteiger partial charge in [0.05, 0.1) is 24.8 Å². The van der Waals surface area contributed by atoms with E-state index in [0.717, 1.165) is 5.56 Å². The van der Waals surface area contributed by atoms with E-state index in [9.17, 15) is 9.18 Å². The first-order valence-corrected chi connectivity index (χ1v) is 6.58. The van der Waals surface area contributed by atoms with Crippen molar-refractivity contribution in [2.45, 2.75) is 6.92 Å². The molecule has 110 valence electrons. The van der Waals surface area contributed by atoms with Gasteiger partial charge in [0, 0.05) is 5.56 Å². The minimum atomic E-state index is -0.573. The quantitative estimate of drug-likeness (QED) is 0.800. The fourth-order valence-electron chi connectivity index (χ4n) is 2.02. The molecule has 0 atom stereocenters. The molecule has 0 N–H and O–H groups in total. The van der Waals surface area contributed by atoms with Gasteiger partial charge in [0.2, 0.25) is 0 Å². The Hall–Kier alpha value is -2.07. The van der Waals surface area contributed by atoms with Gasteiger partial charge in [-0.05, 0) is 31.2 Å². The molecule has 0 aliphatic carbocycles. The highest BCUT2D eigenvalue weighted by Gasteiger charge is 2.19. The third-order valence-corrected chi connectivity index (χ3v) is 3.34. The van der Waals surface area contributed by atoms with Crippen LogP contribution in [0.1, 0.15) is 21.5 Å². The highest BCUT2D eigenvalue weighted by atomic mass is 35.5. The van der Waals surface area contributed by atoms with Crippen LogP contribution >= 0.6 is 11.6 Å². The monoisotopic (exact) mass is 308 g/mol. The van der Waals surface area contributed by atoms with Crippen LogP contribution in [0.4, 0.5) is 4.39 Å². The second-order valence-electron chi connectivity index (χ2n) is 4.51. The van der Waals surface area contributed by atoms with Crippen LogP contribution in [0.15, 0.2) is 30.3 Å². The average Bonchev–Trinajstić information content (AvgIpc) is 2.48. The third kappa shape index (κ3) is 3.00. The number of carbonyl (C=O) groups excluding carboxylic acids is 1. The molecule has 2 aromatic rings. The second kappa shape index (κ2) is 6.14. The van der Waals surface area contributed by atoms with E-state index < -0.39 is 11.6 Å². The summed E-state index contributed by atoms with van der Waals surface area (Å²) in [5, 5.41) is 0.230. The number of ketones is 1. The molecule has 0 aliphatic rings. The minimum Gasteiger partial charge on any atom is -0.493 e. The van der Waals surface area contributed by atoms with Crippen molar-refractivity contribution in [2.24, 2.45) is 0 Å². The van der Waals surface area contributed by atoms with E-state index in [1.54, 1.807) is 13.0 Å². The first kappa shape index (κ1) is 15.3. The van der Waals surface area contributed by atoms with Crippen molar-refractivity contribution in [3.63, 3.8) is 0 Å². The summed E-state index contributed by atoms with van der Waals surface area (Å²) in [7, 11) is 2.89. The predicted molar refractivity (Wildman–Crippen MR) is 79.1 cm³/mol. The number of benzene rings is 2. The molecule has 0 unspecified atom stereocenters. The maximum absolute atomic E-state index is 13.8. The van der Waals surface area contributed by atoms with Crippen LogP contribution < -0.4 is 9.47 Å². The Morgan fingerprint density at radius 1 is 1.14 bits per heavy atom. The number of aryl methyl sites for hydroxylation is 1. The van der Waals surface area contributed by atoms with E-state index in [0.29, 0.717) is 11.5 Å². The Labute approximate surface area is 127 Å². The fraction of sp³-hybridized carbons (Fsp3) is 0.188. The zero-order chi connectivity index (χ0) is 15.6. The molecule has 2 rings (SSSR count). The van der Waals surface area contributed by atoms with E-state index in [1.807, 2.05) is 0 Å². The van der Waals surface area contributed by atoms with Crippen LogP contribution in [0.25, 0.3) is 0 Å². The Morgan fingerprint density at radius 2 is 1.86 bits per heavy atom. The van der Waals surface area contributed by atoms with Crippen molar-refractivity contribution in [1.29, 1.82) is 0 Å². The lowest BCUT2D eigenvalue weighted by Gasteiger charge is -2.11. The van der Waals surface area contributed by atoms with Crippen molar-refractivity contribution in [3.05, 3.63) is 57.9 Å². The van der Waals surface area contributed by atoms with Gasteiger partial charge in [0.15, 0.2) is 17.3 Å². The Kier molecular flexibility index (Phi) is 4.48. The number of hydrogen-bond donors (Lipinski definition) is 0. The molecule has 0 bridgehead atoms. The molecule has 0 aromatic heterocycles. The SMILES string of the molecule is COc1cc(C(=O)c2cc(C)ccc2F)cc(Cl)c1OC. The average molecular weight is 309 g/mol. The van der Waals surface area contributed by atoms with Gasteiger partial charge in [0.25, 0.3) is 0 Å². The normalized spacial score (nSPS) is 10.3. The van der Waals surface area contributed by atoms with Gasteiger partial charge in [0.1, 0.15) is 5.82 Å². The largest absolute Gasteiger partial charge is 0.493 e. The van der Waals surface area contributed by atoms with Gasteiger partial charge >= 0.3 is 0 Å². The Morgan fingerprint density at radius 3 is 2.48 bits per heavy atom. The van der Waals surface area contributed by atoms with Gasteiger partial charge in [-0.25, -0.2) is 4.39 Å². The molecule has 0 spiro atoms. The van der Waals surface area contributed by atoms with Gasteiger partial charge in [-0.3, -0.25) is 4.79 Å². The predicted octanol–water partition coefficient (Wildman–Crippen LogP) is 4.04. The molecular formula is C16H14ClFO3. The number of halogens is 2. The summed E-state index contributed by atoms with van der Waals surface area (Å²) in [6.45, 7) is 1.79. The van der Waals surface area contributed by atoms with E-state index in [-0.39, 0.29) is 16.1 Å². The van der Waals surface area contributed by atoms with Crippen molar-refractivity contribution in [1.82, 2.24) is 0 Å². The second-order valence-corrected chi connectivity index (χ2v) is 4.91. The summed E-state index contributed by atoms with van der Waals surface area (Å²) < 4.78 is 24.1.